The van der Waals surface area contributed by atoms with Crippen molar-refractivity contribution in [2.75, 3.05) is 0 Å². The number of carbonyl (C=O) groups excluding carboxylic acids is 1. The summed E-state index contributed by atoms with van der Waals surface area (Å²) in [4.78, 5) is 29.3. The summed E-state index contributed by atoms with van der Waals surface area (Å²) >= 11 is 0. The van der Waals surface area contributed by atoms with Crippen LogP contribution in [0.2, 0.25) is 0 Å². The first kappa shape index (κ1) is 16.0. The molecule has 1 N–H and O–H groups in total. The van der Waals surface area contributed by atoms with Crippen molar-refractivity contribution in [2.24, 2.45) is 23.7 Å². The van der Waals surface area contributed by atoms with Crippen LogP contribution in [0.5, 0.6) is 0 Å². The lowest BCUT2D eigenvalue weighted by Gasteiger charge is -2.32. The van der Waals surface area contributed by atoms with Crippen LogP contribution < -0.4 is 10.9 Å². The number of benzene rings is 1. The summed E-state index contributed by atoms with van der Waals surface area (Å²) in [7, 11) is 0. The van der Waals surface area contributed by atoms with Gasteiger partial charge in [0.2, 0.25) is 5.91 Å². The van der Waals surface area contributed by atoms with E-state index in [-0.39, 0.29) is 11.5 Å². The number of hydrogen-bond acceptors (Lipinski definition) is 3. The number of nitrogens with one attached hydrogen (secondary N) is 1. The van der Waals surface area contributed by atoms with E-state index in [1.165, 1.54) is 25.7 Å². The van der Waals surface area contributed by atoms with Crippen LogP contribution in [-0.4, -0.2) is 21.5 Å². The minimum Gasteiger partial charge on any atom is -0.353 e. The fourth-order valence-corrected chi connectivity index (χ4v) is 6.00. The number of nitrogens with zero attached hydrogens (tertiary/aromatic N) is 2. The summed E-state index contributed by atoms with van der Waals surface area (Å²) in [5, 5.41) is 3.88. The van der Waals surface area contributed by atoms with E-state index in [0.29, 0.717) is 35.8 Å². The number of aromatic nitrogens is 2. The first-order chi connectivity index (χ1) is 12.7. The number of carbonyl (C=O) groups is 1. The van der Waals surface area contributed by atoms with Crippen LogP contribution in [0.25, 0.3) is 10.9 Å². The highest BCUT2D eigenvalue weighted by Crippen LogP contribution is 2.58. The molecule has 5 nitrogen and oxygen atoms in total. The largest absolute Gasteiger partial charge is 0.353 e. The fraction of sp³-hybridized carbons (Fsp3) is 0.571. The quantitative estimate of drug-likeness (QED) is 0.921. The predicted octanol–water partition coefficient (Wildman–Crippen LogP) is 2.73. The zero-order valence-corrected chi connectivity index (χ0v) is 14.9. The Labute approximate surface area is 152 Å². The van der Waals surface area contributed by atoms with Crippen LogP contribution >= 0.6 is 0 Å². The smallest absolute Gasteiger partial charge is 0.261 e. The maximum absolute atomic E-state index is 12.5. The van der Waals surface area contributed by atoms with Gasteiger partial charge in [0.15, 0.2) is 0 Å². The number of hydrogen-bond donors (Lipinski definition) is 1. The molecule has 5 heteroatoms. The van der Waals surface area contributed by atoms with Gasteiger partial charge in [-0.25, -0.2) is 4.98 Å². The van der Waals surface area contributed by atoms with E-state index in [1.807, 2.05) is 18.2 Å². The molecular weight excluding hydrogens is 326 g/mol. The summed E-state index contributed by atoms with van der Waals surface area (Å²) in [5.41, 5.74) is 0.628. The summed E-state index contributed by atoms with van der Waals surface area (Å²) in [5.74, 6) is 3.39. The number of rotatable bonds is 4. The van der Waals surface area contributed by atoms with Gasteiger partial charge in [-0.2, -0.15) is 0 Å². The van der Waals surface area contributed by atoms with Crippen molar-refractivity contribution in [2.45, 2.75) is 51.1 Å². The molecule has 1 aromatic carbocycles. The molecule has 3 fully saturated rings. The molecule has 3 saturated carbocycles. The summed E-state index contributed by atoms with van der Waals surface area (Å²) in [6, 6.07) is 7.69. The zero-order valence-electron chi connectivity index (χ0n) is 14.9. The van der Waals surface area contributed by atoms with Gasteiger partial charge in [-0.3, -0.25) is 14.2 Å². The first-order valence-electron chi connectivity index (χ1n) is 9.94. The van der Waals surface area contributed by atoms with Crippen molar-refractivity contribution in [3.63, 3.8) is 0 Å². The van der Waals surface area contributed by atoms with Crippen molar-refractivity contribution in [1.82, 2.24) is 14.9 Å². The highest BCUT2D eigenvalue weighted by molar-refractivity contribution is 5.77. The Hall–Kier alpha value is -2.17. The van der Waals surface area contributed by atoms with Gasteiger partial charge in [-0.05, 0) is 61.5 Å². The van der Waals surface area contributed by atoms with Gasteiger partial charge in [0, 0.05) is 19.0 Å². The van der Waals surface area contributed by atoms with Crippen molar-refractivity contribution >= 4 is 16.8 Å². The Bertz CT molecular complexity index is 906. The topological polar surface area (TPSA) is 64.0 Å². The second-order valence-electron chi connectivity index (χ2n) is 8.34. The molecule has 2 aromatic rings. The van der Waals surface area contributed by atoms with Crippen molar-refractivity contribution in [3.8, 4) is 0 Å². The van der Waals surface area contributed by atoms with Gasteiger partial charge < -0.3 is 5.32 Å². The average molecular weight is 351 g/mol. The lowest BCUT2D eigenvalue weighted by atomic mass is 9.79. The molecule has 1 heterocycles. The zero-order chi connectivity index (χ0) is 17.7. The second-order valence-corrected chi connectivity index (χ2v) is 8.34. The highest BCUT2D eigenvalue weighted by atomic mass is 16.2. The van der Waals surface area contributed by atoms with Crippen LogP contribution in [0.1, 0.15) is 38.5 Å². The Morgan fingerprint density at radius 2 is 2.00 bits per heavy atom. The number of para-hydroxylation sites is 1. The van der Waals surface area contributed by atoms with Crippen molar-refractivity contribution in [3.05, 3.63) is 40.9 Å². The fourth-order valence-electron chi connectivity index (χ4n) is 6.00. The monoisotopic (exact) mass is 351 g/mol. The second kappa shape index (κ2) is 6.22. The molecule has 0 spiro atoms. The van der Waals surface area contributed by atoms with E-state index in [0.717, 1.165) is 24.2 Å². The maximum Gasteiger partial charge on any atom is 0.261 e. The maximum atomic E-state index is 12.5. The lowest BCUT2D eigenvalue weighted by molar-refractivity contribution is -0.122. The van der Waals surface area contributed by atoms with Crippen LogP contribution in [0.3, 0.4) is 0 Å². The van der Waals surface area contributed by atoms with Gasteiger partial charge in [-0.15, -0.1) is 0 Å². The minimum absolute atomic E-state index is 0.0668. The Kier molecular flexibility index (Phi) is 3.84. The molecule has 1 aromatic heterocycles. The van der Waals surface area contributed by atoms with Crippen molar-refractivity contribution < 1.29 is 4.79 Å². The SMILES string of the molecule is O=C(CCn1cnc2ccccc2c1=O)NC1CC2CC1C1CCCC21. The van der Waals surface area contributed by atoms with Gasteiger partial charge >= 0.3 is 0 Å². The minimum atomic E-state index is -0.0721. The third kappa shape index (κ3) is 2.56. The standard InChI is InChI=1S/C21H25N3O2/c25-20(23-19-11-13-10-17(19)15-6-3-5-14(13)15)8-9-24-12-22-18-7-2-1-4-16(18)21(24)26/h1-2,4,7,12-15,17,19H,3,5-6,8-11H2,(H,23,25). The van der Waals surface area contributed by atoms with Gasteiger partial charge in [0.1, 0.15) is 0 Å². The summed E-state index contributed by atoms with van der Waals surface area (Å²) in [6.07, 6.45) is 8.51. The number of fused-ring (bicyclic) bond motifs is 6. The molecule has 2 bridgehead atoms. The Morgan fingerprint density at radius 3 is 2.92 bits per heavy atom. The molecule has 5 rings (SSSR count). The summed E-state index contributed by atoms with van der Waals surface area (Å²) < 4.78 is 1.55. The molecule has 26 heavy (non-hydrogen) atoms. The molecule has 3 aliphatic rings. The van der Waals surface area contributed by atoms with Gasteiger partial charge in [-0.1, -0.05) is 18.6 Å². The van der Waals surface area contributed by atoms with Gasteiger partial charge in [0.05, 0.1) is 17.2 Å². The Morgan fingerprint density at radius 1 is 1.15 bits per heavy atom. The number of aryl methyl sites for hydroxylation is 1. The van der Waals surface area contributed by atoms with E-state index in [1.54, 1.807) is 17.0 Å². The van der Waals surface area contributed by atoms with Gasteiger partial charge in [0.25, 0.3) is 5.56 Å². The molecule has 0 radical (unpaired) electrons. The third-order valence-corrected chi connectivity index (χ3v) is 7.09. The van der Waals surface area contributed by atoms with E-state index in [9.17, 15) is 9.59 Å². The molecule has 0 aliphatic heterocycles. The molecule has 3 aliphatic carbocycles. The number of amides is 1. The van der Waals surface area contributed by atoms with E-state index < -0.39 is 0 Å². The van der Waals surface area contributed by atoms with Crippen LogP contribution in [0, 0.1) is 23.7 Å². The first-order valence-corrected chi connectivity index (χ1v) is 9.94. The normalized spacial score (nSPS) is 32.1. The average Bonchev–Trinajstić information content (AvgIpc) is 3.34. The third-order valence-electron chi connectivity index (χ3n) is 7.09. The van der Waals surface area contributed by atoms with E-state index >= 15 is 0 Å². The van der Waals surface area contributed by atoms with Crippen LogP contribution in [0.4, 0.5) is 0 Å². The molecule has 136 valence electrons. The van der Waals surface area contributed by atoms with Crippen LogP contribution in [-0.2, 0) is 11.3 Å². The highest BCUT2D eigenvalue weighted by Gasteiger charge is 2.53. The molecule has 5 unspecified atom stereocenters. The molecule has 0 saturated heterocycles. The molecule has 5 atom stereocenters. The summed E-state index contributed by atoms with van der Waals surface area (Å²) in [6.45, 7) is 0.384. The van der Waals surface area contributed by atoms with E-state index in [2.05, 4.69) is 10.3 Å². The Balaban J connectivity index is 1.22. The van der Waals surface area contributed by atoms with E-state index in [4.69, 9.17) is 0 Å². The van der Waals surface area contributed by atoms with Crippen LogP contribution in [0.15, 0.2) is 35.4 Å². The molecular formula is C21H25N3O2. The lowest BCUT2D eigenvalue weighted by Crippen LogP contribution is -2.42. The van der Waals surface area contributed by atoms with Crippen molar-refractivity contribution in [1.29, 1.82) is 0 Å². The predicted molar refractivity (Wildman–Crippen MR) is 99.6 cm³/mol. The molecule has 1 amide bonds.